The van der Waals surface area contributed by atoms with Crippen molar-refractivity contribution in [2.24, 2.45) is 0 Å². The van der Waals surface area contributed by atoms with Crippen LogP contribution >= 0.6 is 11.6 Å². The molecule has 0 atom stereocenters. The number of rotatable bonds is 6. The van der Waals surface area contributed by atoms with Gasteiger partial charge in [0.25, 0.3) is 0 Å². The second-order valence-corrected chi connectivity index (χ2v) is 7.65. The Morgan fingerprint density at radius 1 is 1.27 bits per heavy atom. The molecule has 0 saturated carbocycles. The first kappa shape index (κ1) is 19.5. The molecule has 0 aliphatic heterocycles. The summed E-state index contributed by atoms with van der Waals surface area (Å²) in [5.41, 5.74) is 1.09. The number of nitriles is 1. The van der Waals surface area contributed by atoms with Crippen molar-refractivity contribution in [1.29, 1.82) is 5.26 Å². The highest BCUT2D eigenvalue weighted by Gasteiger charge is 2.13. The minimum Gasteiger partial charge on any atom is -0.479 e. The van der Waals surface area contributed by atoms with E-state index in [1.165, 1.54) is 24.3 Å². The van der Waals surface area contributed by atoms with Crippen LogP contribution in [0.15, 0.2) is 53.4 Å². The monoisotopic (exact) mass is 390 g/mol. The van der Waals surface area contributed by atoms with Gasteiger partial charge < -0.3 is 10.1 Å². The number of nitrogens with one attached hydrogen (secondary N) is 1. The summed E-state index contributed by atoms with van der Waals surface area (Å²) >= 11 is 5.87. The first-order valence-corrected chi connectivity index (χ1v) is 9.65. The molecule has 0 aliphatic rings. The number of carbonyl (C=O) groups excluding carboxylic acids is 1. The zero-order chi connectivity index (χ0) is 19.2. The molecule has 1 amide bonds. The number of amides is 1. The van der Waals surface area contributed by atoms with Crippen molar-refractivity contribution in [2.75, 3.05) is 18.2 Å². The highest BCUT2D eigenvalue weighted by molar-refractivity contribution is 7.90. The Morgan fingerprint density at radius 2 is 1.96 bits per heavy atom. The summed E-state index contributed by atoms with van der Waals surface area (Å²) in [6.45, 7) is -0.0336. The van der Waals surface area contributed by atoms with E-state index in [9.17, 15) is 13.2 Å². The quantitative estimate of drug-likeness (QED) is 0.763. The highest BCUT2D eigenvalue weighted by Crippen LogP contribution is 2.25. The van der Waals surface area contributed by atoms with Gasteiger partial charge in [-0.3, -0.25) is 4.79 Å². The van der Waals surface area contributed by atoms with E-state index in [2.05, 4.69) is 5.32 Å². The van der Waals surface area contributed by atoms with Crippen molar-refractivity contribution in [1.82, 2.24) is 0 Å². The van der Waals surface area contributed by atoms with Crippen molar-refractivity contribution in [2.45, 2.75) is 4.90 Å². The minimum absolute atomic E-state index is 0.0336. The fraction of sp³-hybridized carbons (Fsp3) is 0.111. The lowest BCUT2D eigenvalue weighted by Crippen LogP contribution is -2.09. The molecule has 0 fully saturated rings. The van der Waals surface area contributed by atoms with E-state index in [1.54, 1.807) is 30.3 Å². The smallest absolute Gasteiger partial charge is 0.248 e. The third-order valence-corrected chi connectivity index (χ3v) is 4.79. The summed E-state index contributed by atoms with van der Waals surface area (Å²) in [7, 11) is -3.49. The van der Waals surface area contributed by atoms with Gasteiger partial charge in [-0.1, -0.05) is 23.7 Å². The average molecular weight is 391 g/mol. The zero-order valence-corrected chi connectivity index (χ0v) is 15.3. The number of benzene rings is 2. The van der Waals surface area contributed by atoms with E-state index in [4.69, 9.17) is 21.6 Å². The normalized spacial score (nSPS) is 11.1. The molecule has 2 rings (SSSR count). The topological polar surface area (TPSA) is 96.3 Å². The second-order valence-electron chi connectivity index (χ2n) is 5.26. The average Bonchev–Trinajstić information content (AvgIpc) is 2.60. The van der Waals surface area contributed by atoms with E-state index in [0.29, 0.717) is 11.4 Å². The Morgan fingerprint density at radius 3 is 2.58 bits per heavy atom. The molecule has 1 N–H and O–H groups in total. The maximum absolute atomic E-state index is 12.0. The molecule has 0 spiro atoms. The van der Waals surface area contributed by atoms with Gasteiger partial charge >= 0.3 is 0 Å². The van der Waals surface area contributed by atoms with E-state index in [1.807, 2.05) is 6.07 Å². The van der Waals surface area contributed by atoms with E-state index in [0.717, 1.165) is 11.8 Å². The lowest BCUT2D eigenvalue weighted by molar-refractivity contribution is -0.111. The van der Waals surface area contributed by atoms with Gasteiger partial charge in [-0.25, -0.2) is 8.42 Å². The number of ether oxygens (including phenoxy) is 1. The Bertz CT molecular complexity index is 977. The SMILES string of the molecule is CS(=O)(=O)c1cc(NC(=O)C=Cc2ccc(OCC#N)cc2)ccc1Cl. The maximum Gasteiger partial charge on any atom is 0.248 e. The summed E-state index contributed by atoms with van der Waals surface area (Å²) < 4.78 is 28.5. The molecule has 0 bridgehead atoms. The minimum atomic E-state index is -3.49. The van der Waals surface area contributed by atoms with Gasteiger partial charge in [0.05, 0.1) is 9.92 Å². The molecule has 6 nitrogen and oxygen atoms in total. The first-order chi connectivity index (χ1) is 12.3. The predicted octanol–water partition coefficient (Wildman–Crippen LogP) is 3.30. The number of nitrogens with zero attached hydrogens (tertiary/aromatic N) is 1. The predicted molar refractivity (Wildman–Crippen MR) is 99.8 cm³/mol. The van der Waals surface area contributed by atoms with E-state index in [-0.39, 0.29) is 16.5 Å². The number of hydrogen-bond acceptors (Lipinski definition) is 5. The van der Waals surface area contributed by atoms with Gasteiger partial charge in [0.2, 0.25) is 5.91 Å². The number of hydrogen-bond donors (Lipinski definition) is 1. The van der Waals surface area contributed by atoms with E-state index < -0.39 is 15.7 Å². The molecule has 0 unspecified atom stereocenters. The fourth-order valence-corrected chi connectivity index (χ4v) is 3.31. The fourth-order valence-electron chi connectivity index (χ4n) is 2.01. The third kappa shape index (κ3) is 5.62. The molecule has 0 aromatic heterocycles. The standard InChI is InChI=1S/C18H15ClN2O4S/c1-26(23,24)17-12-14(5-8-16(17)19)21-18(22)9-4-13-2-6-15(7-3-13)25-11-10-20/h2-9,12H,11H2,1H3,(H,21,22). The van der Waals surface area contributed by atoms with Crippen LogP contribution in [0.3, 0.4) is 0 Å². The van der Waals surface area contributed by atoms with Crippen molar-refractivity contribution < 1.29 is 17.9 Å². The van der Waals surface area contributed by atoms with Crippen LogP contribution in [0.1, 0.15) is 5.56 Å². The van der Waals surface area contributed by atoms with Crippen molar-refractivity contribution in [3.05, 3.63) is 59.1 Å². The molecule has 134 valence electrons. The van der Waals surface area contributed by atoms with Gasteiger partial charge in [-0.2, -0.15) is 5.26 Å². The molecule has 26 heavy (non-hydrogen) atoms. The molecule has 8 heteroatoms. The molecule has 0 aliphatic carbocycles. The largest absolute Gasteiger partial charge is 0.479 e. The summed E-state index contributed by atoms with van der Waals surface area (Å²) in [6.07, 6.45) is 3.96. The summed E-state index contributed by atoms with van der Waals surface area (Å²) in [6, 6.07) is 13.0. The Kier molecular flexibility index (Phi) is 6.39. The number of sulfone groups is 1. The third-order valence-electron chi connectivity index (χ3n) is 3.21. The van der Waals surface area contributed by atoms with Crippen LogP contribution < -0.4 is 10.1 Å². The molecular formula is C18H15ClN2O4S. The van der Waals surface area contributed by atoms with Crippen LogP contribution in [-0.2, 0) is 14.6 Å². The van der Waals surface area contributed by atoms with E-state index >= 15 is 0 Å². The van der Waals surface area contributed by atoms with Crippen molar-refractivity contribution >= 4 is 39.1 Å². The van der Waals surface area contributed by atoms with Gasteiger partial charge in [-0.05, 0) is 42.0 Å². The van der Waals surface area contributed by atoms with Crippen LogP contribution in [0.2, 0.25) is 5.02 Å². The van der Waals surface area contributed by atoms with Crippen LogP contribution in [0.4, 0.5) is 5.69 Å². The first-order valence-electron chi connectivity index (χ1n) is 7.38. The molecule has 0 saturated heterocycles. The number of carbonyl (C=O) groups is 1. The van der Waals surface area contributed by atoms with Gasteiger partial charge in [0.15, 0.2) is 16.4 Å². The second kappa shape index (κ2) is 8.52. The Balaban J connectivity index is 2.05. The van der Waals surface area contributed by atoms with Crippen LogP contribution in [0, 0.1) is 11.3 Å². The molecule has 0 heterocycles. The van der Waals surface area contributed by atoms with Crippen molar-refractivity contribution in [3.8, 4) is 11.8 Å². The maximum atomic E-state index is 12.0. The summed E-state index contributed by atoms with van der Waals surface area (Å²) in [5.74, 6) is 0.138. The lowest BCUT2D eigenvalue weighted by Gasteiger charge is -2.06. The van der Waals surface area contributed by atoms with Gasteiger partial charge in [0.1, 0.15) is 11.8 Å². The summed E-state index contributed by atoms with van der Waals surface area (Å²) in [4.78, 5) is 12.0. The molecule has 2 aromatic rings. The zero-order valence-electron chi connectivity index (χ0n) is 13.8. The molecule has 0 radical (unpaired) electrons. The van der Waals surface area contributed by atoms with Crippen LogP contribution in [0.5, 0.6) is 5.75 Å². The summed E-state index contributed by atoms with van der Waals surface area (Å²) in [5, 5.41) is 11.1. The number of anilines is 1. The van der Waals surface area contributed by atoms with Gasteiger partial charge in [-0.15, -0.1) is 0 Å². The Hall–Kier alpha value is -2.82. The number of halogens is 1. The Labute approximate surface area is 156 Å². The van der Waals surface area contributed by atoms with Gasteiger partial charge in [0, 0.05) is 18.0 Å². The van der Waals surface area contributed by atoms with Crippen LogP contribution in [-0.4, -0.2) is 27.2 Å². The molecule has 2 aromatic carbocycles. The lowest BCUT2D eigenvalue weighted by atomic mass is 10.2. The molecular weight excluding hydrogens is 376 g/mol. The highest BCUT2D eigenvalue weighted by atomic mass is 35.5. The van der Waals surface area contributed by atoms with Crippen molar-refractivity contribution in [3.63, 3.8) is 0 Å². The van der Waals surface area contributed by atoms with Crippen LogP contribution in [0.25, 0.3) is 6.08 Å².